The van der Waals surface area contributed by atoms with E-state index in [2.05, 4.69) is 97.1 Å². The third-order valence-corrected chi connectivity index (χ3v) is 12.9. The molecule has 5 heterocycles. The largest absolute Gasteiger partial charge is 0.456 e. The lowest BCUT2D eigenvalue weighted by atomic mass is 10.0. The van der Waals surface area contributed by atoms with Gasteiger partial charge in [-0.1, -0.05) is 121 Å². The molecule has 0 amide bonds. The summed E-state index contributed by atoms with van der Waals surface area (Å²) < 4.78 is 10.7. The van der Waals surface area contributed by atoms with Gasteiger partial charge in [-0.2, -0.15) is 0 Å². The maximum absolute atomic E-state index is 6.15. The molecule has 0 fully saturated rings. The molecule has 0 aliphatic heterocycles. The fourth-order valence-corrected chi connectivity index (χ4v) is 10.3. The maximum atomic E-state index is 6.15. The zero-order valence-corrected chi connectivity index (χ0v) is 31.7. The second-order valence-electron chi connectivity index (χ2n) is 14.0. The Morgan fingerprint density at radius 1 is 0.368 bits per heavy atom. The molecule has 6 nitrogen and oxygen atoms in total. The molecular formula is C49H27N5OS2. The Bertz CT molecular complexity index is 3540. The van der Waals surface area contributed by atoms with Crippen LogP contribution in [0.2, 0.25) is 0 Å². The van der Waals surface area contributed by atoms with Crippen LogP contribution in [0.3, 0.4) is 0 Å². The van der Waals surface area contributed by atoms with Crippen molar-refractivity contribution in [2.45, 2.75) is 0 Å². The van der Waals surface area contributed by atoms with Crippen LogP contribution >= 0.6 is 22.7 Å². The van der Waals surface area contributed by atoms with E-state index in [1.54, 1.807) is 22.7 Å². The number of hydrogen-bond acceptors (Lipinski definition) is 8. The number of thiophene rings is 2. The molecule has 0 unspecified atom stereocenters. The van der Waals surface area contributed by atoms with E-state index in [4.69, 9.17) is 29.3 Å². The lowest BCUT2D eigenvalue weighted by Gasteiger charge is -2.10. The molecule has 5 aromatic heterocycles. The van der Waals surface area contributed by atoms with Crippen molar-refractivity contribution in [2.24, 2.45) is 0 Å². The SMILES string of the molecule is c1ccc(-c2nc(-c3ccc4oc5ccccc5c4c3)nc(-c3cccc4c3sc3cccc(-c5nc(-c6ccccc6)c6sc7ccccc7c6n5)c34)n2)cc1. The highest BCUT2D eigenvalue weighted by atomic mass is 32.1. The Morgan fingerprint density at radius 2 is 0.982 bits per heavy atom. The summed E-state index contributed by atoms with van der Waals surface area (Å²) in [6, 6.07) is 56.2. The van der Waals surface area contributed by atoms with Crippen LogP contribution in [-0.2, 0) is 0 Å². The van der Waals surface area contributed by atoms with Crippen molar-refractivity contribution < 1.29 is 4.42 Å². The van der Waals surface area contributed by atoms with E-state index < -0.39 is 0 Å². The third kappa shape index (κ3) is 5.19. The van der Waals surface area contributed by atoms with Gasteiger partial charge in [-0.05, 0) is 42.5 Å². The predicted molar refractivity (Wildman–Crippen MR) is 236 cm³/mol. The Labute approximate surface area is 333 Å². The van der Waals surface area contributed by atoms with Crippen molar-refractivity contribution in [3.8, 4) is 56.8 Å². The molecule has 0 radical (unpaired) electrons. The van der Waals surface area contributed by atoms with Gasteiger partial charge in [0.1, 0.15) is 11.2 Å². The number of nitrogens with zero attached hydrogens (tertiary/aromatic N) is 5. The van der Waals surface area contributed by atoms with Crippen molar-refractivity contribution >= 4 is 85.1 Å². The van der Waals surface area contributed by atoms with Gasteiger partial charge in [0.2, 0.25) is 0 Å². The highest BCUT2D eigenvalue weighted by molar-refractivity contribution is 7.26. The molecule has 7 aromatic carbocycles. The van der Waals surface area contributed by atoms with E-state index in [-0.39, 0.29) is 0 Å². The summed E-state index contributed by atoms with van der Waals surface area (Å²) in [7, 11) is 0. The fourth-order valence-electron chi connectivity index (χ4n) is 7.92. The van der Waals surface area contributed by atoms with Gasteiger partial charge in [0, 0.05) is 68.8 Å². The zero-order valence-electron chi connectivity index (χ0n) is 30.0. The van der Waals surface area contributed by atoms with Gasteiger partial charge in [0.25, 0.3) is 0 Å². The number of para-hydroxylation sites is 1. The van der Waals surface area contributed by atoms with Gasteiger partial charge in [-0.3, -0.25) is 0 Å². The Balaban J connectivity index is 1.08. The molecule has 0 spiro atoms. The van der Waals surface area contributed by atoms with Crippen molar-refractivity contribution in [1.29, 1.82) is 0 Å². The molecule has 12 rings (SSSR count). The summed E-state index contributed by atoms with van der Waals surface area (Å²) in [6.07, 6.45) is 0. The van der Waals surface area contributed by atoms with Crippen LogP contribution in [0.5, 0.6) is 0 Å². The van der Waals surface area contributed by atoms with E-state index in [0.717, 1.165) is 91.2 Å². The molecular weight excluding hydrogens is 739 g/mol. The van der Waals surface area contributed by atoms with E-state index >= 15 is 0 Å². The molecule has 0 saturated heterocycles. The van der Waals surface area contributed by atoms with Gasteiger partial charge in [0.05, 0.1) is 15.9 Å². The molecule has 0 bridgehead atoms. The van der Waals surface area contributed by atoms with Crippen LogP contribution in [0, 0.1) is 0 Å². The average molecular weight is 766 g/mol. The molecule has 57 heavy (non-hydrogen) atoms. The Hall–Kier alpha value is -7.13. The molecule has 0 atom stereocenters. The van der Waals surface area contributed by atoms with Gasteiger partial charge in [0.15, 0.2) is 23.3 Å². The van der Waals surface area contributed by atoms with Crippen molar-refractivity contribution in [3.05, 3.63) is 164 Å². The zero-order chi connectivity index (χ0) is 37.5. The van der Waals surface area contributed by atoms with Gasteiger partial charge >= 0.3 is 0 Å². The first-order valence-corrected chi connectivity index (χ1v) is 20.3. The van der Waals surface area contributed by atoms with Crippen LogP contribution in [0.15, 0.2) is 168 Å². The molecule has 266 valence electrons. The van der Waals surface area contributed by atoms with E-state index in [1.807, 2.05) is 66.7 Å². The van der Waals surface area contributed by atoms with Crippen LogP contribution in [0.4, 0.5) is 0 Å². The summed E-state index contributed by atoms with van der Waals surface area (Å²) in [5.74, 6) is 2.53. The number of benzene rings is 7. The first-order chi connectivity index (χ1) is 28.2. The fraction of sp³-hybridized carbons (Fsp3) is 0. The summed E-state index contributed by atoms with van der Waals surface area (Å²) in [5, 5.41) is 5.45. The van der Waals surface area contributed by atoms with Crippen LogP contribution in [-0.4, -0.2) is 24.9 Å². The number of furan rings is 1. The van der Waals surface area contributed by atoms with Gasteiger partial charge < -0.3 is 4.42 Å². The lowest BCUT2D eigenvalue weighted by Crippen LogP contribution is -2.00. The normalized spacial score (nSPS) is 11.9. The van der Waals surface area contributed by atoms with E-state index in [9.17, 15) is 0 Å². The molecule has 0 aliphatic rings. The van der Waals surface area contributed by atoms with Gasteiger partial charge in [-0.15, -0.1) is 22.7 Å². The third-order valence-electron chi connectivity index (χ3n) is 10.6. The van der Waals surface area contributed by atoms with Crippen molar-refractivity contribution in [2.75, 3.05) is 0 Å². The smallest absolute Gasteiger partial charge is 0.165 e. The summed E-state index contributed by atoms with van der Waals surface area (Å²) in [6.45, 7) is 0. The van der Waals surface area contributed by atoms with Crippen LogP contribution in [0.25, 0.3) is 119 Å². The topological polar surface area (TPSA) is 77.6 Å². The first kappa shape index (κ1) is 32.1. The maximum Gasteiger partial charge on any atom is 0.165 e. The number of fused-ring (bicyclic) bond motifs is 9. The molecule has 12 aromatic rings. The standard InChI is InChI=1S/C49H27N5OS2/c1-3-13-28(14-4-1)42-45-43(32-18-8-10-23-39(32)56-45)51-48(50-42)34-20-12-24-40-41(34)33-19-11-21-35(44(33)57-40)49-53-46(29-15-5-2-6-16-29)52-47(54-49)30-25-26-38-36(27-30)31-17-7-9-22-37(31)55-38/h1-27H. The van der Waals surface area contributed by atoms with Crippen LogP contribution < -0.4 is 0 Å². The summed E-state index contributed by atoms with van der Waals surface area (Å²) >= 11 is 3.49. The second-order valence-corrected chi connectivity index (χ2v) is 16.1. The predicted octanol–water partition coefficient (Wildman–Crippen LogP) is 13.6. The van der Waals surface area contributed by atoms with Crippen LogP contribution in [0.1, 0.15) is 0 Å². The van der Waals surface area contributed by atoms with Crippen molar-refractivity contribution in [3.63, 3.8) is 0 Å². The lowest BCUT2D eigenvalue weighted by molar-refractivity contribution is 0.669. The highest BCUT2D eigenvalue weighted by Crippen LogP contribution is 2.45. The molecule has 8 heteroatoms. The number of aromatic nitrogens is 5. The monoisotopic (exact) mass is 765 g/mol. The highest BCUT2D eigenvalue weighted by Gasteiger charge is 2.22. The van der Waals surface area contributed by atoms with E-state index in [0.29, 0.717) is 23.3 Å². The number of rotatable bonds is 5. The summed E-state index contributed by atoms with van der Waals surface area (Å²) in [4.78, 5) is 26.1. The summed E-state index contributed by atoms with van der Waals surface area (Å²) in [5.41, 5.74) is 8.43. The first-order valence-electron chi connectivity index (χ1n) is 18.7. The Kier molecular flexibility index (Phi) is 7.17. The molecule has 0 aliphatic carbocycles. The average Bonchev–Trinajstić information content (AvgIpc) is 3.98. The molecule has 0 N–H and O–H groups in total. The van der Waals surface area contributed by atoms with E-state index in [1.165, 1.54) is 4.70 Å². The minimum Gasteiger partial charge on any atom is -0.456 e. The minimum absolute atomic E-state index is 0.600. The second kappa shape index (κ2) is 12.7. The number of hydrogen-bond donors (Lipinski definition) is 0. The van der Waals surface area contributed by atoms with Crippen molar-refractivity contribution in [1.82, 2.24) is 24.9 Å². The quantitative estimate of drug-likeness (QED) is 0.174. The van der Waals surface area contributed by atoms with Gasteiger partial charge in [-0.25, -0.2) is 24.9 Å². The molecule has 0 saturated carbocycles. The Morgan fingerprint density at radius 3 is 1.84 bits per heavy atom. The minimum atomic E-state index is 0.600.